The molecule has 0 atom stereocenters. The molecule has 4 nitrogen and oxygen atoms in total. The Morgan fingerprint density at radius 2 is 1.55 bits per heavy atom. The maximum atomic E-state index is 13.5. The Morgan fingerprint density at radius 3 is 2.28 bits per heavy atom. The van der Waals surface area contributed by atoms with Crippen molar-refractivity contribution in [3.63, 3.8) is 0 Å². The van der Waals surface area contributed by atoms with Crippen molar-refractivity contribution < 1.29 is 4.39 Å². The highest BCUT2D eigenvalue weighted by atomic mass is 19.1. The molecule has 0 saturated heterocycles. The average molecular weight is 382 g/mol. The van der Waals surface area contributed by atoms with Crippen LogP contribution in [0.15, 0.2) is 74.0 Å². The van der Waals surface area contributed by atoms with E-state index in [4.69, 9.17) is 0 Å². The smallest absolute Gasteiger partial charge is 0.123 e. The number of allylic oxidation sites excluding steroid dienone is 2. The molecule has 0 bridgehead atoms. The summed E-state index contributed by atoms with van der Waals surface area (Å²) in [5.74, 6) is -0.270. The quantitative estimate of drug-likeness (QED) is 0.433. The van der Waals surface area contributed by atoms with E-state index in [9.17, 15) is 4.39 Å². The summed E-state index contributed by atoms with van der Waals surface area (Å²) in [5.41, 5.74) is 6.88. The number of benzene rings is 2. The SMILES string of the molecule is C=C(C)c1nccnc1/C(=C(\C)c1ccc(F)cc1)c1ccc2ncncc2c1. The molecule has 0 spiro atoms. The normalized spacial score (nSPS) is 12.0. The van der Waals surface area contributed by atoms with Gasteiger partial charge in [0, 0.05) is 29.5 Å². The van der Waals surface area contributed by atoms with E-state index in [1.54, 1.807) is 30.7 Å². The first-order chi connectivity index (χ1) is 14.0. The van der Waals surface area contributed by atoms with Gasteiger partial charge in [0.05, 0.1) is 16.9 Å². The zero-order valence-electron chi connectivity index (χ0n) is 16.2. The topological polar surface area (TPSA) is 51.6 Å². The summed E-state index contributed by atoms with van der Waals surface area (Å²) in [4.78, 5) is 17.6. The van der Waals surface area contributed by atoms with E-state index < -0.39 is 0 Å². The number of nitrogens with zero attached hydrogens (tertiary/aromatic N) is 4. The summed E-state index contributed by atoms with van der Waals surface area (Å²) in [6.45, 7) is 7.98. The molecule has 0 saturated carbocycles. The molecule has 2 aromatic heterocycles. The van der Waals surface area contributed by atoms with Crippen LogP contribution in [0.4, 0.5) is 4.39 Å². The fraction of sp³-hybridized carbons (Fsp3) is 0.0833. The molecule has 0 aliphatic carbocycles. The van der Waals surface area contributed by atoms with Crippen LogP contribution in [0.5, 0.6) is 0 Å². The Kier molecular flexibility index (Phi) is 4.96. The van der Waals surface area contributed by atoms with Gasteiger partial charge in [-0.05, 0) is 60.4 Å². The van der Waals surface area contributed by atoms with Gasteiger partial charge in [-0.25, -0.2) is 14.4 Å². The van der Waals surface area contributed by atoms with Crippen LogP contribution in [0.3, 0.4) is 0 Å². The van der Waals surface area contributed by atoms with Crippen LogP contribution in [0, 0.1) is 5.82 Å². The van der Waals surface area contributed by atoms with Gasteiger partial charge in [0.1, 0.15) is 12.1 Å². The van der Waals surface area contributed by atoms with Gasteiger partial charge >= 0.3 is 0 Å². The lowest BCUT2D eigenvalue weighted by Crippen LogP contribution is -2.02. The molecule has 2 aromatic carbocycles. The lowest BCUT2D eigenvalue weighted by atomic mass is 9.90. The highest BCUT2D eigenvalue weighted by Crippen LogP contribution is 2.34. The third kappa shape index (κ3) is 3.67. The summed E-state index contributed by atoms with van der Waals surface area (Å²) >= 11 is 0. The van der Waals surface area contributed by atoms with Gasteiger partial charge in [-0.1, -0.05) is 24.8 Å². The van der Waals surface area contributed by atoms with Gasteiger partial charge in [-0.2, -0.15) is 0 Å². The molecule has 0 amide bonds. The molecule has 4 aromatic rings. The first-order valence-corrected chi connectivity index (χ1v) is 9.19. The van der Waals surface area contributed by atoms with E-state index in [0.29, 0.717) is 0 Å². The van der Waals surface area contributed by atoms with E-state index in [2.05, 4.69) is 26.5 Å². The minimum absolute atomic E-state index is 0.270. The van der Waals surface area contributed by atoms with Crippen molar-refractivity contribution in [1.29, 1.82) is 0 Å². The molecule has 0 radical (unpaired) electrons. The molecular formula is C24H19FN4. The number of rotatable bonds is 4. The summed E-state index contributed by atoms with van der Waals surface area (Å²) in [6, 6.07) is 12.5. The lowest BCUT2D eigenvalue weighted by molar-refractivity contribution is 0.627. The summed E-state index contributed by atoms with van der Waals surface area (Å²) in [7, 11) is 0. The standard InChI is InChI=1S/C24H19FN4/c1-15(2)23-24(28-11-10-27-23)22(16(3)17-4-7-20(25)8-5-17)18-6-9-21-19(12-18)13-26-14-29-21/h4-14H,1H2,2-3H3/b22-16+. The van der Waals surface area contributed by atoms with Crippen molar-refractivity contribution in [2.24, 2.45) is 0 Å². The van der Waals surface area contributed by atoms with Crippen LogP contribution >= 0.6 is 0 Å². The van der Waals surface area contributed by atoms with Crippen molar-refractivity contribution in [2.75, 3.05) is 0 Å². The summed E-state index contributed by atoms with van der Waals surface area (Å²) < 4.78 is 13.5. The number of fused-ring (bicyclic) bond motifs is 1. The van der Waals surface area contributed by atoms with Crippen molar-refractivity contribution in [1.82, 2.24) is 19.9 Å². The van der Waals surface area contributed by atoms with Crippen LogP contribution in [0.1, 0.15) is 36.4 Å². The van der Waals surface area contributed by atoms with Crippen molar-refractivity contribution in [2.45, 2.75) is 13.8 Å². The Labute approximate surface area is 168 Å². The predicted molar refractivity (Wildman–Crippen MR) is 114 cm³/mol. The van der Waals surface area contributed by atoms with E-state index >= 15 is 0 Å². The Morgan fingerprint density at radius 1 is 0.862 bits per heavy atom. The Hall–Kier alpha value is -3.73. The third-order valence-electron chi connectivity index (χ3n) is 4.78. The van der Waals surface area contributed by atoms with Crippen molar-refractivity contribution >= 4 is 27.6 Å². The van der Waals surface area contributed by atoms with Crippen LogP contribution in [-0.2, 0) is 0 Å². The van der Waals surface area contributed by atoms with E-state index in [-0.39, 0.29) is 5.82 Å². The highest BCUT2D eigenvalue weighted by molar-refractivity contribution is 6.00. The minimum atomic E-state index is -0.270. The van der Waals surface area contributed by atoms with E-state index in [1.807, 2.05) is 32.0 Å². The monoisotopic (exact) mass is 382 g/mol. The zero-order valence-corrected chi connectivity index (χ0v) is 16.2. The van der Waals surface area contributed by atoms with E-state index in [0.717, 1.165) is 50.1 Å². The molecule has 142 valence electrons. The number of hydrogen-bond acceptors (Lipinski definition) is 4. The first kappa shape index (κ1) is 18.6. The summed E-state index contributed by atoms with van der Waals surface area (Å²) in [6.07, 6.45) is 6.65. The van der Waals surface area contributed by atoms with Gasteiger partial charge in [0.2, 0.25) is 0 Å². The molecule has 4 rings (SSSR count). The highest BCUT2D eigenvalue weighted by Gasteiger charge is 2.18. The molecule has 5 heteroatoms. The summed E-state index contributed by atoms with van der Waals surface area (Å²) in [5, 5.41) is 0.926. The van der Waals surface area contributed by atoms with Gasteiger partial charge in [-0.15, -0.1) is 0 Å². The number of halogens is 1. The van der Waals surface area contributed by atoms with Crippen LogP contribution < -0.4 is 0 Å². The van der Waals surface area contributed by atoms with Crippen LogP contribution in [-0.4, -0.2) is 19.9 Å². The fourth-order valence-corrected chi connectivity index (χ4v) is 3.35. The molecule has 29 heavy (non-hydrogen) atoms. The van der Waals surface area contributed by atoms with Crippen molar-refractivity contribution in [3.05, 3.63) is 102 Å². The van der Waals surface area contributed by atoms with Gasteiger partial charge < -0.3 is 0 Å². The maximum Gasteiger partial charge on any atom is 0.123 e. The number of aromatic nitrogens is 4. The third-order valence-corrected chi connectivity index (χ3v) is 4.78. The fourth-order valence-electron chi connectivity index (χ4n) is 3.35. The molecule has 0 unspecified atom stereocenters. The second-order valence-corrected chi connectivity index (χ2v) is 6.84. The molecule has 0 aliphatic heterocycles. The van der Waals surface area contributed by atoms with Gasteiger partial charge in [0.25, 0.3) is 0 Å². The molecular weight excluding hydrogens is 363 g/mol. The van der Waals surface area contributed by atoms with Crippen LogP contribution in [0.2, 0.25) is 0 Å². The average Bonchev–Trinajstić information content (AvgIpc) is 2.74. The second-order valence-electron chi connectivity index (χ2n) is 6.84. The van der Waals surface area contributed by atoms with Gasteiger partial charge in [0.15, 0.2) is 0 Å². The van der Waals surface area contributed by atoms with Crippen LogP contribution in [0.25, 0.3) is 27.6 Å². The molecule has 0 N–H and O–H groups in total. The molecule has 0 fully saturated rings. The molecule has 2 heterocycles. The second kappa shape index (κ2) is 7.72. The molecule has 0 aliphatic rings. The Bertz CT molecular complexity index is 1240. The van der Waals surface area contributed by atoms with E-state index in [1.165, 1.54) is 18.5 Å². The zero-order chi connectivity index (χ0) is 20.4. The predicted octanol–water partition coefficient (Wildman–Crippen LogP) is 5.57. The largest absolute Gasteiger partial charge is 0.253 e. The Balaban J connectivity index is 2.02. The van der Waals surface area contributed by atoms with Crippen molar-refractivity contribution in [3.8, 4) is 0 Å². The lowest BCUT2D eigenvalue weighted by Gasteiger charge is -2.16. The maximum absolute atomic E-state index is 13.5. The van der Waals surface area contributed by atoms with Gasteiger partial charge in [-0.3, -0.25) is 9.97 Å². The first-order valence-electron chi connectivity index (χ1n) is 9.19. The number of hydrogen-bond donors (Lipinski definition) is 0. The minimum Gasteiger partial charge on any atom is -0.253 e.